The van der Waals surface area contributed by atoms with Crippen LogP contribution in [0.3, 0.4) is 0 Å². The van der Waals surface area contributed by atoms with E-state index in [1.165, 1.54) is 16.0 Å². The predicted octanol–water partition coefficient (Wildman–Crippen LogP) is 3.38. The molecule has 1 aromatic heterocycles. The number of hydrogen-bond donors (Lipinski definition) is 1. The molecule has 0 fully saturated rings. The molecule has 0 saturated heterocycles. The zero-order valence-corrected chi connectivity index (χ0v) is 11.3. The molecule has 0 aliphatic carbocycles. The lowest BCUT2D eigenvalue weighted by Crippen LogP contribution is -2.29. The van der Waals surface area contributed by atoms with Gasteiger partial charge in [-0.25, -0.2) is 0 Å². The molecule has 2 nitrogen and oxygen atoms in total. The van der Waals surface area contributed by atoms with Gasteiger partial charge in [-0.15, -0.1) is 11.3 Å². The molecule has 2 aromatic rings. The number of fused-ring (bicyclic) bond motifs is 1. The van der Waals surface area contributed by atoms with Crippen molar-refractivity contribution in [2.75, 3.05) is 13.2 Å². The zero-order chi connectivity index (χ0) is 12.4. The van der Waals surface area contributed by atoms with Gasteiger partial charge >= 0.3 is 0 Å². The lowest BCUT2D eigenvalue weighted by atomic mass is 9.93. The first kappa shape index (κ1) is 11.8. The average Bonchev–Trinajstić information content (AvgIpc) is 2.92. The van der Waals surface area contributed by atoms with Gasteiger partial charge in [-0.3, -0.25) is 0 Å². The maximum atomic E-state index is 5.58. The Hall–Kier alpha value is -1.32. The molecule has 0 amide bonds. The molecule has 0 spiro atoms. The highest BCUT2D eigenvalue weighted by atomic mass is 32.1. The summed E-state index contributed by atoms with van der Waals surface area (Å²) in [6.45, 7) is 3.78. The van der Waals surface area contributed by atoms with Crippen molar-refractivity contribution in [1.82, 2.24) is 5.32 Å². The molecule has 94 valence electrons. The Morgan fingerprint density at radius 3 is 3.11 bits per heavy atom. The second kappa shape index (κ2) is 5.12. The van der Waals surface area contributed by atoms with Crippen molar-refractivity contribution in [3.8, 4) is 5.75 Å². The number of benzene rings is 1. The Morgan fingerprint density at radius 2 is 2.33 bits per heavy atom. The van der Waals surface area contributed by atoms with E-state index in [1.807, 2.05) is 18.3 Å². The Kier molecular flexibility index (Phi) is 3.35. The van der Waals surface area contributed by atoms with Gasteiger partial charge in [0.15, 0.2) is 0 Å². The fourth-order valence-electron chi connectivity index (χ4n) is 2.51. The first-order valence-electron chi connectivity index (χ1n) is 6.41. The number of ether oxygens (including phenoxy) is 1. The van der Waals surface area contributed by atoms with Crippen molar-refractivity contribution in [3.05, 3.63) is 51.7 Å². The van der Waals surface area contributed by atoms with E-state index in [2.05, 4.69) is 41.0 Å². The van der Waals surface area contributed by atoms with Crippen LogP contribution in [0, 0.1) is 0 Å². The van der Waals surface area contributed by atoms with Gasteiger partial charge in [-0.1, -0.05) is 12.1 Å². The molecule has 18 heavy (non-hydrogen) atoms. The number of rotatable bonds is 3. The quantitative estimate of drug-likeness (QED) is 0.912. The monoisotopic (exact) mass is 259 g/mol. The SMILES string of the molecule is CCOc1ccc2c(c1)CCNC2c1cccs1. The summed E-state index contributed by atoms with van der Waals surface area (Å²) in [5.41, 5.74) is 2.81. The number of nitrogens with one attached hydrogen (secondary N) is 1. The molecule has 1 aliphatic heterocycles. The Bertz CT molecular complexity index is 521. The third-order valence-corrected chi connectivity index (χ3v) is 4.24. The molecular weight excluding hydrogens is 242 g/mol. The van der Waals surface area contributed by atoms with Crippen LogP contribution >= 0.6 is 11.3 Å². The van der Waals surface area contributed by atoms with Gasteiger partial charge in [0, 0.05) is 11.4 Å². The second-order valence-corrected chi connectivity index (χ2v) is 5.43. The van der Waals surface area contributed by atoms with Gasteiger partial charge in [-0.2, -0.15) is 0 Å². The highest BCUT2D eigenvalue weighted by molar-refractivity contribution is 7.10. The highest BCUT2D eigenvalue weighted by Crippen LogP contribution is 2.33. The Labute approximate surface area is 112 Å². The topological polar surface area (TPSA) is 21.3 Å². The summed E-state index contributed by atoms with van der Waals surface area (Å²) < 4.78 is 5.58. The molecule has 1 N–H and O–H groups in total. The van der Waals surface area contributed by atoms with E-state index in [1.54, 1.807) is 0 Å². The highest BCUT2D eigenvalue weighted by Gasteiger charge is 2.22. The fraction of sp³-hybridized carbons (Fsp3) is 0.333. The molecule has 1 unspecified atom stereocenters. The largest absolute Gasteiger partial charge is 0.494 e. The van der Waals surface area contributed by atoms with E-state index in [0.29, 0.717) is 6.04 Å². The molecule has 3 heteroatoms. The van der Waals surface area contributed by atoms with Crippen LogP contribution in [0.2, 0.25) is 0 Å². The van der Waals surface area contributed by atoms with Gasteiger partial charge in [0.1, 0.15) is 5.75 Å². The van der Waals surface area contributed by atoms with Crippen LogP contribution < -0.4 is 10.1 Å². The van der Waals surface area contributed by atoms with Crippen molar-refractivity contribution >= 4 is 11.3 Å². The molecule has 0 saturated carbocycles. The maximum Gasteiger partial charge on any atom is 0.119 e. The van der Waals surface area contributed by atoms with E-state index in [4.69, 9.17) is 4.74 Å². The third-order valence-electron chi connectivity index (χ3n) is 3.31. The van der Waals surface area contributed by atoms with E-state index < -0.39 is 0 Å². The summed E-state index contributed by atoms with van der Waals surface area (Å²) in [5.74, 6) is 0.989. The Morgan fingerprint density at radius 1 is 1.39 bits per heavy atom. The second-order valence-electron chi connectivity index (χ2n) is 4.45. The van der Waals surface area contributed by atoms with E-state index in [-0.39, 0.29) is 0 Å². The van der Waals surface area contributed by atoms with Crippen molar-refractivity contribution in [3.63, 3.8) is 0 Å². The van der Waals surface area contributed by atoms with Gasteiger partial charge in [0.05, 0.1) is 12.6 Å². The minimum Gasteiger partial charge on any atom is -0.494 e. The molecule has 2 heterocycles. The van der Waals surface area contributed by atoms with Crippen LogP contribution in [0.4, 0.5) is 0 Å². The summed E-state index contributed by atoms with van der Waals surface area (Å²) in [7, 11) is 0. The first-order valence-corrected chi connectivity index (χ1v) is 7.29. The minimum atomic E-state index is 0.351. The van der Waals surface area contributed by atoms with Gasteiger partial charge in [-0.05, 0) is 48.1 Å². The van der Waals surface area contributed by atoms with Crippen molar-refractivity contribution < 1.29 is 4.74 Å². The summed E-state index contributed by atoms with van der Waals surface area (Å²) in [6, 6.07) is 11.1. The third kappa shape index (κ3) is 2.16. The van der Waals surface area contributed by atoms with Crippen LogP contribution in [0.15, 0.2) is 35.7 Å². The average molecular weight is 259 g/mol. The van der Waals surface area contributed by atoms with E-state index >= 15 is 0 Å². The normalized spacial score (nSPS) is 18.4. The standard InChI is InChI=1S/C15H17NOS/c1-2-17-12-5-6-13-11(10-12)7-8-16-15(13)14-4-3-9-18-14/h3-6,9-10,15-16H,2,7-8H2,1H3. The van der Waals surface area contributed by atoms with E-state index in [0.717, 1.165) is 25.3 Å². The summed E-state index contributed by atoms with van der Waals surface area (Å²) >= 11 is 1.81. The van der Waals surface area contributed by atoms with Gasteiger partial charge in [0.2, 0.25) is 0 Å². The van der Waals surface area contributed by atoms with Crippen molar-refractivity contribution in [1.29, 1.82) is 0 Å². The maximum absolute atomic E-state index is 5.58. The lowest BCUT2D eigenvalue weighted by Gasteiger charge is -2.26. The molecular formula is C15H17NOS. The number of thiophene rings is 1. The predicted molar refractivity (Wildman–Crippen MR) is 75.5 cm³/mol. The minimum absolute atomic E-state index is 0.351. The first-order chi connectivity index (χ1) is 8.88. The molecule has 1 aromatic carbocycles. The molecule has 3 rings (SSSR count). The lowest BCUT2D eigenvalue weighted by molar-refractivity contribution is 0.339. The zero-order valence-electron chi connectivity index (χ0n) is 10.5. The summed E-state index contributed by atoms with van der Waals surface area (Å²) in [5, 5.41) is 5.74. The molecule has 0 radical (unpaired) electrons. The van der Waals surface area contributed by atoms with Crippen molar-refractivity contribution in [2.45, 2.75) is 19.4 Å². The van der Waals surface area contributed by atoms with Crippen molar-refractivity contribution in [2.24, 2.45) is 0 Å². The fourth-order valence-corrected chi connectivity index (χ4v) is 3.32. The molecule has 1 aliphatic rings. The van der Waals surface area contributed by atoms with Crippen LogP contribution in [0.5, 0.6) is 5.75 Å². The smallest absolute Gasteiger partial charge is 0.119 e. The Balaban J connectivity index is 1.96. The number of hydrogen-bond acceptors (Lipinski definition) is 3. The van der Waals surface area contributed by atoms with Crippen LogP contribution in [-0.2, 0) is 6.42 Å². The van der Waals surface area contributed by atoms with Gasteiger partial charge < -0.3 is 10.1 Å². The summed E-state index contributed by atoms with van der Waals surface area (Å²) in [6.07, 6.45) is 1.08. The van der Waals surface area contributed by atoms with Crippen LogP contribution in [0.1, 0.15) is 29.0 Å². The van der Waals surface area contributed by atoms with Crippen LogP contribution in [0.25, 0.3) is 0 Å². The molecule has 0 bridgehead atoms. The van der Waals surface area contributed by atoms with Crippen LogP contribution in [-0.4, -0.2) is 13.2 Å². The summed E-state index contributed by atoms with van der Waals surface area (Å²) in [4.78, 5) is 1.39. The van der Waals surface area contributed by atoms with E-state index in [9.17, 15) is 0 Å². The van der Waals surface area contributed by atoms with Gasteiger partial charge in [0.25, 0.3) is 0 Å². The molecule has 1 atom stereocenters.